The van der Waals surface area contributed by atoms with Crippen LogP contribution in [0.5, 0.6) is 0 Å². The predicted molar refractivity (Wildman–Crippen MR) is 75.8 cm³/mol. The first-order valence-electron chi connectivity index (χ1n) is 6.81. The summed E-state index contributed by atoms with van der Waals surface area (Å²) >= 11 is 0. The maximum Gasteiger partial charge on any atom is 0.344 e. The first-order valence-corrected chi connectivity index (χ1v) is 6.81. The van der Waals surface area contributed by atoms with Gasteiger partial charge in [-0.05, 0) is 12.1 Å². The monoisotopic (exact) mass is 302 g/mol. The summed E-state index contributed by atoms with van der Waals surface area (Å²) in [6.07, 6.45) is 6.97. The Morgan fingerprint density at radius 1 is 0.864 bits per heavy atom. The number of esters is 2. The van der Waals surface area contributed by atoms with E-state index in [2.05, 4.69) is 0 Å². The molecule has 0 aliphatic carbocycles. The zero-order valence-electron chi connectivity index (χ0n) is 12.6. The Morgan fingerprint density at radius 3 is 1.64 bits per heavy atom. The van der Waals surface area contributed by atoms with Gasteiger partial charge in [0.15, 0.2) is 24.8 Å². The summed E-state index contributed by atoms with van der Waals surface area (Å²) in [6, 6.07) is 6.84. The molecule has 0 fully saturated rings. The largest absolute Gasteiger partial charge is 0.458 e. The van der Waals surface area contributed by atoms with Crippen LogP contribution in [0.1, 0.15) is 20.7 Å². The third kappa shape index (κ3) is 4.37. The number of ether oxygens (including phenoxy) is 2. The van der Waals surface area contributed by atoms with Gasteiger partial charge in [-0.3, -0.25) is 0 Å². The fourth-order valence-electron chi connectivity index (χ4n) is 1.85. The molecule has 2 heterocycles. The number of carbonyl (C=O) groups excluding carboxylic acids is 2. The molecule has 0 aliphatic heterocycles. The molecule has 6 heteroatoms. The molecule has 0 saturated heterocycles. The summed E-state index contributed by atoms with van der Waals surface area (Å²) in [5.41, 5.74) is 0.901. The molecule has 0 N–H and O–H groups in total. The van der Waals surface area contributed by atoms with E-state index in [1.807, 2.05) is 26.5 Å². The highest BCUT2D eigenvalue weighted by Gasteiger charge is 2.13. The number of rotatable bonds is 5. The minimum Gasteiger partial charge on any atom is -0.458 e. The van der Waals surface area contributed by atoms with Gasteiger partial charge in [0.2, 0.25) is 0 Å². The molecule has 0 spiro atoms. The van der Waals surface area contributed by atoms with E-state index < -0.39 is 11.9 Å². The number of nitrogens with zero attached hydrogens (tertiary/aromatic N) is 2. The van der Waals surface area contributed by atoms with E-state index in [0.29, 0.717) is 11.1 Å². The SMILES string of the molecule is C[n+]1cccc(C(=O)OCCOC(=O)c2ccc[n+](C)c2)c1. The zero-order valence-corrected chi connectivity index (χ0v) is 12.6. The van der Waals surface area contributed by atoms with Crippen molar-refractivity contribution >= 4 is 11.9 Å². The number of aryl methyl sites for hydroxylation is 2. The minimum atomic E-state index is -0.446. The van der Waals surface area contributed by atoms with Gasteiger partial charge < -0.3 is 9.47 Å². The standard InChI is InChI=1S/C16H18N2O4/c1-17-7-3-5-13(11-17)15(19)21-9-10-22-16(20)14-6-4-8-18(2)12-14/h3-8,11-12H,9-10H2,1-2H3/q+2. The van der Waals surface area contributed by atoms with Gasteiger partial charge in [-0.25, -0.2) is 18.7 Å². The Labute approximate surface area is 128 Å². The van der Waals surface area contributed by atoms with Crippen LogP contribution in [0.25, 0.3) is 0 Å². The Bertz CT molecular complexity index is 626. The van der Waals surface area contributed by atoms with Crippen molar-refractivity contribution in [3.8, 4) is 0 Å². The lowest BCUT2D eigenvalue weighted by atomic mass is 10.3. The van der Waals surface area contributed by atoms with Crippen LogP contribution in [0, 0.1) is 0 Å². The Morgan fingerprint density at radius 2 is 1.27 bits per heavy atom. The maximum atomic E-state index is 11.8. The summed E-state index contributed by atoms with van der Waals surface area (Å²) in [5, 5.41) is 0. The average Bonchev–Trinajstić information content (AvgIpc) is 2.51. The normalized spacial score (nSPS) is 10.1. The quantitative estimate of drug-likeness (QED) is 0.454. The second-order valence-corrected chi connectivity index (χ2v) is 4.79. The molecule has 2 rings (SSSR count). The predicted octanol–water partition coefficient (Wildman–Crippen LogP) is 0.349. The molecule has 0 amide bonds. The van der Waals surface area contributed by atoms with Crippen molar-refractivity contribution in [3.63, 3.8) is 0 Å². The lowest BCUT2D eigenvalue weighted by molar-refractivity contribution is -0.671. The van der Waals surface area contributed by atoms with Gasteiger partial charge in [0.1, 0.15) is 38.4 Å². The molecular formula is C16H18N2O4+2. The van der Waals surface area contributed by atoms with Crippen molar-refractivity contribution in [1.29, 1.82) is 0 Å². The van der Waals surface area contributed by atoms with E-state index in [1.54, 1.807) is 45.8 Å². The highest BCUT2D eigenvalue weighted by Crippen LogP contribution is 2.00. The topological polar surface area (TPSA) is 60.4 Å². The second-order valence-electron chi connectivity index (χ2n) is 4.79. The molecule has 22 heavy (non-hydrogen) atoms. The molecule has 0 aliphatic rings. The van der Waals surface area contributed by atoms with Crippen LogP contribution in [0.2, 0.25) is 0 Å². The van der Waals surface area contributed by atoms with Crippen molar-refractivity contribution in [1.82, 2.24) is 0 Å². The highest BCUT2D eigenvalue weighted by molar-refractivity contribution is 5.89. The van der Waals surface area contributed by atoms with Crippen molar-refractivity contribution in [2.75, 3.05) is 13.2 Å². The number of hydrogen-bond donors (Lipinski definition) is 0. The Hall–Kier alpha value is -2.76. The molecule has 0 bridgehead atoms. The summed E-state index contributed by atoms with van der Waals surface area (Å²) in [6.45, 7) is 0.0320. The van der Waals surface area contributed by atoms with E-state index >= 15 is 0 Å². The van der Waals surface area contributed by atoms with Crippen molar-refractivity contribution in [2.45, 2.75) is 0 Å². The van der Waals surface area contributed by atoms with Gasteiger partial charge in [0.05, 0.1) is 0 Å². The van der Waals surface area contributed by atoms with Crippen LogP contribution < -0.4 is 9.13 Å². The molecule has 0 aromatic carbocycles. The third-order valence-electron chi connectivity index (χ3n) is 2.90. The summed E-state index contributed by atoms with van der Waals surface area (Å²) in [5.74, 6) is -0.892. The molecule has 0 saturated carbocycles. The van der Waals surface area contributed by atoms with Crippen molar-refractivity contribution in [3.05, 3.63) is 60.2 Å². The smallest absolute Gasteiger partial charge is 0.344 e. The summed E-state index contributed by atoms with van der Waals surface area (Å²) < 4.78 is 13.6. The van der Waals surface area contributed by atoms with Crippen molar-refractivity contribution < 1.29 is 28.2 Å². The van der Waals surface area contributed by atoms with E-state index in [0.717, 1.165) is 0 Å². The molecule has 0 unspecified atom stereocenters. The Kier molecular flexibility index (Phi) is 5.19. The fourth-order valence-corrected chi connectivity index (χ4v) is 1.85. The van der Waals surface area contributed by atoms with E-state index in [4.69, 9.17) is 9.47 Å². The first-order chi connectivity index (χ1) is 10.6. The zero-order chi connectivity index (χ0) is 15.9. The van der Waals surface area contributed by atoms with Gasteiger partial charge in [0, 0.05) is 12.1 Å². The number of pyridine rings is 2. The maximum absolute atomic E-state index is 11.8. The average molecular weight is 302 g/mol. The van der Waals surface area contributed by atoms with Crippen molar-refractivity contribution in [2.24, 2.45) is 14.1 Å². The number of hydrogen-bond acceptors (Lipinski definition) is 4. The molecular weight excluding hydrogens is 284 g/mol. The van der Waals surface area contributed by atoms with Gasteiger partial charge in [-0.1, -0.05) is 0 Å². The Balaban J connectivity index is 1.77. The van der Waals surface area contributed by atoms with Crippen LogP contribution in [0.15, 0.2) is 49.1 Å². The highest BCUT2D eigenvalue weighted by atomic mass is 16.6. The molecule has 6 nitrogen and oxygen atoms in total. The van der Waals surface area contributed by atoms with Gasteiger partial charge in [-0.2, -0.15) is 0 Å². The second kappa shape index (κ2) is 7.31. The van der Waals surface area contributed by atoms with Crippen LogP contribution in [0.4, 0.5) is 0 Å². The molecule has 2 aromatic heterocycles. The van der Waals surface area contributed by atoms with E-state index in [-0.39, 0.29) is 13.2 Å². The molecule has 2 aromatic rings. The fraction of sp³-hybridized carbons (Fsp3) is 0.250. The molecule has 0 atom stereocenters. The van der Waals surface area contributed by atoms with Crippen LogP contribution >= 0.6 is 0 Å². The van der Waals surface area contributed by atoms with Crippen LogP contribution in [-0.4, -0.2) is 25.2 Å². The first kappa shape index (κ1) is 15.6. The van der Waals surface area contributed by atoms with Gasteiger partial charge in [0.25, 0.3) is 0 Å². The van der Waals surface area contributed by atoms with E-state index in [9.17, 15) is 9.59 Å². The lowest BCUT2D eigenvalue weighted by Gasteiger charge is -2.05. The number of carbonyl (C=O) groups is 2. The lowest BCUT2D eigenvalue weighted by Crippen LogP contribution is -2.28. The van der Waals surface area contributed by atoms with Gasteiger partial charge >= 0.3 is 11.9 Å². The van der Waals surface area contributed by atoms with Crippen LogP contribution in [0.3, 0.4) is 0 Å². The molecule has 0 radical (unpaired) electrons. The van der Waals surface area contributed by atoms with E-state index in [1.165, 1.54) is 0 Å². The van der Waals surface area contributed by atoms with Gasteiger partial charge in [-0.15, -0.1) is 0 Å². The van der Waals surface area contributed by atoms with Crippen LogP contribution in [-0.2, 0) is 23.6 Å². The minimum absolute atomic E-state index is 0.0160. The summed E-state index contributed by atoms with van der Waals surface area (Å²) in [7, 11) is 3.64. The summed E-state index contributed by atoms with van der Waals surface area (Å²) in [4.78, 5) is 23.6. The number of aromatic nitrogens is 2. The third-order valence-corrected chi connectivity index (χ3v) is 2.90. The molecule has 114 valence electrons.